The van der Waals surface area contributed by atoms with Crippen LogP contribution in [0.3, 0.4) is 0 Å². The van der Waals surface area contributed by atoms with Gasteiger partial charge in [0.1, 0.15) is 5.75 Å². The molecule has 1 saturated heterocycles. The molecule has 17 heavy (non-hydrogen) atoms. The topological polar surface area (TPSA) is 35.5 Å². The van der Waals surface area contributed by atoms with Gasteiger partial charge in [0.25, 0.3) is 0 Å². The minimum Gasteiger partial charge on any atom is -0.494 e. The first-order valence-electron chi connectivity index (χ1n) is 6.17. The fourth-order valence-electron chi connectivity index (χ4n) is 2.03. The van der Waals surface area contributed by atoms with Crippen LogP contribution in [0, 0.1) is 0 Å². The van der Waals surface area contributed by atoms with Crippen molar-refractivity contribution in [2.24, 2.45) is 0 Å². The Bertz CT molecular complexity index is 364. The third-order valence-electron chi connectivity index (χ3n) is 2.92. The summed E-state index contributed by atoms with van der Waals surface area (Å²) in [6, 6.07) is 7.32. The molecule has 0 saturated carbocycles. The molecule has 1 fully saturated rings. The van der Waals surface area contributed by atoms with Crippen molar-refractivity contribution in [1.29, 1.82) is 0 Å². The van der Waals surface area contributed by atoms with E-state index in [1.54, 1.807) is 0 Å². The van der Waals surface area contributed by atoms with Crippen LogP contribution >= 0.6 is 0 Å². The zero-order chi connectivity index (χ0) is 12.1. The molecule has 0 radical (unpaired) electrons. The zero-order valence-corrected chi connectivity index (χ0v) is 10.1. The summed E-state index contributed by atoms with van der Waals surface area (Å²) in [4.78, 5) is 11.9. The van der Waals surface area contributed by atoms with Gasteiger partial charge in [-0.1, -0.05) is 0 Å². The van der Waals surface area contributed by atoms with Crippen LogP contribution in [0.1, 0.15) is 36.5 Å². The van der Waals surface area contributed by atoms with Crippen molar-refractivity contribution >= 4 is 5.78 Å². The molecule has 0 aromatic heterocycles. The fraction of sp³-hybridized carbons (Fsp3) is 0.500. The van der Waals surface area contributed by atoms with Crippen LogP contribution in [-0.4, -0.2) is 25.1 Å². The first-order valence-corrected chi connectivity index (χ1v) is 6.17. The molecule has 0 bridgehead atoms. The van der Waals surface area contributed by atoms with E-state index in [2.05, 4.69) is 0 Å². The van der Waals surface area contributed by atoms with E-state index in [-0.39, 0.29) is 11.9 Å². The van der Waals surface area contributed by atoms with E-state index in [4.69, 9.17) is 9.47 Å². The van der Waals surface area contributed by atoms with Gasteiger partial charge in [0.2, 0.25) is 0 Å². The molecular weight excluding hydrogens is 216 g/mol. The lowest BCUT2D eigenvalue weighted by Gasteiger charge is -2.08. The minimum atomic E-state index is 0.120. The third kappa shape index (κ3) is 3.30. The number of rotatable bonds is 5. The maximum Gasteiger partial charge on any atom is 0.165 e. The highest BCUT2D eigenvalue weighted by atomic mass is 16.5. The van der Waals surface area contributed by atoms with Crippen LogP contribution in [0.15, 0.2) is 24.3 Å². The van der Waals surface area contributed by atoms with Crippen LogP contribution in [0.2, 0.25) is 0 Å². The first-order chi connectivity index (χ1) is 8.29. The Balaban J connectivity index is 1.93. The summed E-state index contributed by atoms with van der Waals surface area (Å²) in [6.45, 7) is 3.38. The molecule has 1 unspecified atom stereocenters. The summed E-state index contributed by atoms with van der Waals surface area (Å²) >= 11 is 0. The van der Waals surface area contributed by atoms with E-state index in [0.717, 1.165) is 30.8 Å². The molecule has 3 heteroatoms. The Kier molecular flexibility index (Phi) is 4.15. The van der Waals surface area contributed by atoms with Crippen LogP contribution in [0.25, 0.3) is 0 Å². The summed E-state index contributed by atoms with van der Waals surface area (Å²) in [7, 11) is 0. The lowest BCUT2D eigenvalue weighted by molar-refractivity contribution is 0.0775. The lowest BCUT2D eigenvalue weighted by atomic mass is 10.0. The molecule has 0 amide bonds. The Labute approximate surface area is 102 Å². The summed E-state index contributed by atoms with van der Waals surface area (Å²) in [5, 5.41) is 0. The predicted molar refractivity (Wildman–Crippen MR) is 65.5 cm³/mol. The molecule has 0 spiro atoms. The lowest BCUT2D eigenvalue weighted by Crippen LogP contribution is -2.12. The van der Waals surface area contributed by atoms with Gasteiger partial charge in [0, 0.05) is 18.6 Å². The summed E-state index contributed by atoms with van der Waals surface area (Å²) in [5.41, 5.74) is 0.740. The third-order valence-corrected chi connectivity index (χ3v) is 2.92. The van der Waals surface area contributed by atoms with Crippen molar-refractivity contribution in [3.8, 4) is 5.75 Å². The monoisotopic (exact) mass is 234 g/mol. The van der Waals surface area contributed by atoms with E-state index in [1.165, 1.54) is 0 Å². The zero-order valence-electron chi connectivity index (χ0n) is 10.1. The van der Waals surface area contributed by atoms with Crippen molar-refractivity contribution in [3.63, 3.8) is 0 Å². The molecular formula is C14H18O3. The molecule has 3 nitrogen and oxygen atoms in total. The summed E-state index contributed by atoms with van der Waals surface area (Å²) in [6.07, 6.45) is 2.69. The maximum absolute atomic E-state index is 11.9. The molecule has 1 atom stereocenters. The Hall–Kier alpha value is -1.35. The highest BCUT2D eigenvalue weighted by Crippen LogP contribution is 2.19. The minimum absolute atomic E-state index is 0.120. The van der Waals surface area contributed by atoms with Crippen molar-refractivity contribution in [1.82, 2.24) is 0 Å². The van der Waals surface area contributed by atoms with Gasteiger partial charge >= 0.3 is 0 Å². The van der Waals surface area contributed by atoms with Gasteiger partial charge in [-0.05, 0) is 44.0 Å². The fourth-order valence-corrected chi connectivity index (χ4v) is 2.03. The molecule has 0 N–H and O–H groups in total. The number of carbonyl (C=O) groups is 1. The highest BCUT2D eigenvalue weighted by molar-refractivity contribution is 5.96. The number of carbonyl (C=O) groups excluding carboxylic acids is 1. The largest absolute Gasteiger partial charge is 0.494 e. The number of ketones is 1. The number of Topliss-reactive ketones (excluding diaryl/α,β-unsaturated/α-hetero) is 1. The Morgan fingerprint density at radius 1 is 1.41 bits per heavy atom. The first kappa shape index (κ1) is 12.1. The van der Waals surface area contributed by atoms with Gasteiger partial charge < -0.3 is 9.47 Å². The van der Waals surface area contributed by atoms with Gasteiger partial charge in [-0.3, -0.25) is 4.79 Å². The number of hydrogen-bond donors (Lipinski definition) is 0. The van der Waals surface area contributed by atoms with Gasteiger partial charge in [0.15, 0.2) is 5.78 Å². The Morgan fingerprint density at radius 2 is 2.18 bits per heavy atom. The predicted octanol–water partition coefficient (Wildman–Crippen LogP) is 2.84. The quantitative estimate of drug-likeness (QED) is 0.735. The van der Waals surface area contributed by atoms with E-state index in [9.17, 15) is 4.79 Å². The number of benzene rings is 1. The second-order valence-corrected chi connectivity index (χ2v) is 4.22. The van der Waals surface area contributed by atoms with Crippen LogP contribution in [0.4, 0.5) is 0 Å². The van der Waals surface area contributed by atoms with Crippen molar-refractivity contribution < 1.29 is 14.3 Å². The molecule has 1 aliphatic rings. The molecule has 1 heterocycles. The second kappa shape index (κ2) is 5.82. The second-order valence-electron chi connectivity index (χ2n) is 4.22. The van der Waals surface area contributed by atoms with Crippen molar-refractivity contribution in [3.05, 3.63) is 29.8 Å². The van der Waals surface area contributed by atoms with Gasteiger partial charge in [0.05, 0.1) is 12.7 Å². The van der Waals surface area contributed by atoms with Crippen LogP contribution in [-0.2, 0) is 4.74 Å². The van der Waals surface area contributed by atoms with Crippen LogP contribution < -0.4 is 4.74 Å². The molecule has 92 valence electrons. The standard InChI is InChI=1S/C14H18O3/c1-2-16-12-7-5-11(6-8-12)14(15)10-13-4-3-9-17-13/h5-8,13H,2-4,9-10H2,1H3. The molecule has 1 aromatic carbocycles. The average molecular weight is 234 g/mol. The summed E-state index contributed by atoms with van der Waals surface area (Å²) < 4.78 is 10.8. The summed E-state index contributed by atoms with van der Waals surface area (Å²) in [5.74, 6) is 0.959. The van der Waals surface area contributed by atoms with Crippen molar-refractivity contribution in [2.75, 3.05) is 13.2 Å². The van der Waals surface area contributed by atoms with E-state index >= 15 is 0 Å². The van der Waals surface area contributed by atoms with E-state index in [1.807, 2.05) is 31.2 Å². The molecule has 1 aromatic rings. The normalized spacial score (nSPS) is 19.2. The van der Waals surface area contributed by atoms with Crippen LogP contribution in [0.5, 0.6) is 5.75 Å². The number of hydrogen-bond acceptors (Lipinski definition) is 3. The molecule has 2 rings (SSSR count). The molecule has 1 aliphatic heterocycles. The molecule has 0 aliphatic carbocycles. The van der Waals surface area contributed by atoms with Gasteiger partial charge in [-0.25, -0.2) is 0 Å². The van der Waals surface area contributed by atoms with Crippen molar-refractivity contribution in [2.45, 2.75) is 32.3 Å². The Morgan fingerprint density at radius 3 is 2.76 bits per heavy atom. The van der Waals surface area contributed by atoms with E-state index in [0.29, 0.717) is 13.0 Å². The smallest absolute Gasteiger partial charge is 0.165 e. The SMILES string of the molecule is CCOc1ccc(C(=O)CC2CCCO2)cc1. The van der Waals surface area contributed by atoms with E-state index < -0.39 is 0 Å². The number of ether oxygens (including phenoxy) is 2. The van der Waals surface area contributed by atoms with Gasteiger partial charge in [-0.2, -0.15) is 0 Å². The average Bonchev–Trinajstić information content (AvgIpc) is 2.83. The highest BCUT2D eigenvalue weighted by Gasteiger charge is 2.19. The van der Waals surface area contributed by atoms with Gasteiger partial charge in [-0.15, -0.1) is 0 Å². The maximum atomic E-state index is 11.9.